The van der Waals surface area contributed by atoms with Crippen molar-refractivity contribution >= 4 is 5.78 Å². The van der Waals surface area contributed by atoms with Crippen LogP contribution in [0, 0.1) is 0 Å². The molecule has 0 bridgehead atoms. The van der Waals surface area contributed by atoms with Crippen molar-refractivity contribution in [3.8, 4) is 0 Å². The molecular weight excluding hydrogens is 250 g/mol. The van der Waals surface area contributed by atoms with E-state index in [1.54, 1.807) is 6.92 Å². The van der Waals surface area contributed by atoms with Crippen LogP contribution in [0.15, 0.2) is 60.7 Å². The van der Waals surface area contributed by atoms with E-state index in [-0.39, 0.29) is 23.8 Å². The Bertz CT molecular complexity index is 582. The molecule has 1 fully saturated rings. The van der Waals surface area contributed by atoms with Crippen LogP contribution < -0.4 is 5.48 Å². The molecule has 1 saturated heterocycles. The molecule has 102 valence electrons. The van der Waals surface area contributed by atoms with Crippen LogP contribution >= 0.6 is 0 Å². The summed E-state index contributed by atoms with van der Waals surface area (Å²) in [6.07, 6.45) is -0.146. The first-order chi connectivity index (χ1) is 9.77. The zero-order valence-electron chi connectivity index (χ0n) is 11.3. The number of carbonyl (C=O) groups is 1. The third-order valence-corrected chi connectivity index (χ3v) is 3.76. The van der Waals surface area contributed by atoms with E-state index in [1.165, 1.54) is 0 Å². The number of benzene rings is 2. The molecule has 0 saturated carbocycles. The molecule has 0 radical (unpaired) electrons. The molecule has 2 aromatic rings. The molecule has 1 heterocycles. The third kappa shape index (κ3) is 2.38. The van der Waals surface area contributed by atoms with E-state index < -0.39 is 0 Å². The molecule has 1 N–H and O–H groups in total. The summed E-state index contributed by atoms with van der Waals surface area (Å²) >= 11 is 0. The molecule has 3 rings (SSSR count). The number of hydroxylamine groups is 1. The van der Waals surface area contributed by atoms with Crippen molar-refractivity contribution < 1.29 is 9.63 Å². The summed E-state index contributed by atoms with van der Waals surface area (Å²) in [6, 6.07) is 19.8. The van der Waals surface area contributed by atoms with Crippen molar-refractivity contribution in [2.24, 2.45) is 0 Å². The number of Topliss-reactive ketones (excluding diaryl/α,β-unsaturated/α-hetero) is 1. The molecule has 1 aliphatic heterocycles. The Hall–Kier alpha value is -1.97. The van der Waals surface area contributed by atoms with Crippen molar-refractivity contribution in [3.05, 3.63) is 71.8 Å². The van der Waals surface area contributed by atoms with Gasteiger partial charge in [0.1, 0.15) is 17.9 Å². The van der Waals surface area contributed by atoms with E-state index in [9.17, 15) is 4.79 Å². The van der Waals surface area contributed by atoms with Crippen LogP contribution in [0.5, 0.6) is 0 Å². The molecule has 3 heteroatoms. The third-order valence-electron chi connectivity index (χ3n) is 3.76. The zero-order valence-corrected chi connectivity index (χ0v) is 11.3. The van der Waals surface area contributed by atoms with Gasteiger partial charge in [0.25, 0.3) is 0 Å². The Morgan fingerprint density at radius 3 is 2.05 bits per heavy atom. The second-order valence-electron chi connectivity index (χ2n) is 5.09. The van der Waals surface area contributed by atoms with Crippen LogP contribution in [0.1, 0.15) is 30.1 Å². The standard InChI is InChI=1S/C17H17NO2/c1-12(19)16-15(13-8-4-2-5-9-13)17(20-18-16)14-10-6-3-7-11-14/h2-11,15-18H,1H3. The lowest BCUT2D eigenvalue weighted by atomic mass is 9.83. The fourth-order valence-electron chi connectivity index (χ4n) is 2.76. The normalized spacial score (nSPS) is 25.6. The molecule has 0 aromatic heterocycles. The van der Waals surface area contributed by atoms with Gasteiger partial charge in [-0.1, -0.05) is 60.7 Å². The molecule has 1 aliphatic rings. The van der Waals surface area contributed by atoms with E-state index in [4.69, 9.17) is 4.84 Å². The predicted molar refractivity (Wildman–Crippen MR) is 77.1 cm³/mol. The topological polar surface area (TPSA) is 38.3 Å². The lowest BCUT2D eigenvalue weighted by Gasteiger charge is -2.21. The number of hydrogen-bond acceptors (Lipinski definition) is 3. The highest BCUT2D eigenvalue weighted by molar-refractivity contribution is 5.83. The molecule has 3 nitrogen and oxygen atoms in total. The van der Waals surface area contributed by atoms with E-state index in [2.05, 4.69) is 5.48 Å². The maximum atomic E-state index is 11.9. The SMILES string of the molecule is CC(=O)C1NOC(c2ccccc2)C1c1ccccc1. The lowest BCUT2D eigenvalue weighted by molar-refractivity contribution is -0.120. The first-order valence-corrected chi connectivity index (χ1v) is 6.79. The Morgan fingerprint density at radius 1 is 0.950 bits per heavy atom. The fourth-order valence-corrected chi connectivity index (χ4v) is 2.76. The first kappa shape index (κ1) is 13.0. The van der Waals surface area contributed by atoms with Gasteiger partial charge in [0.2, 0.25) is 0 Å². The Kier molecular flexibility index (Phi) is 3.63. The summed E-state index contributed by atoms with van der Waals surface area (Å²) in [7, 11) is 0. The van der Waals surface area contributed by atoms with Crippen molar-refractivity contribution in [3.63, 3.8) is 0 Å². The molecule has 0 aliphatic carbocycles. The second-order valence-corrected chi connectivity index (χ2v) is 5.09. The van der Waals surface area contributed by atoms with Gasteiger partial charge in [-0.05, 0) is 18.1 Å². The van der Waals surface area contributed by atoms with Crippen LogP contribution in [-0.4, -0.2) is 11.8 Å². The van der Waals surface area contributed by atoms with Crippen molar-refractivity contribution in [2.75, 3.05) is 0 Å². The summed E-state index contributed by atoms with van der Waals surface area (Å²) in [6.45, 7) is 1.60. The van der Waals surface area contributed by atoms with Gasteiger partial charge in [0.15, 0.2) is 0 Å². The second kappa shape index (κ2) is 5.57. The van der Waals surface area contributed by atoms with Gasteiger partial charge in [-0.3, -0.25) is 9.63 Å². The minimum atomic E-state index is -0.303. The van der Waals surface area contributed by atoms with Crippen molar-refractivity contribution in [1.82, 2.24) is 5.48 Å². The van der Waals surface area contributed by atoms with Crippen LogP contribution in [0.3, 0.4) is 0 Å². The molecule has 3 unspecified atom stereocenters. The summed E-state index contributed by atoms with van der Waals surface area (Å²) in [5.41, 5.74) is 5.10. The monoisotopic (exact) mass is 267 g/mol. The fraction of sp³-hybridized carbons (Fsp3) is 0.235. The summed E-state index contributed by atoms with van der Waals surface area (Å²) < 4.78 is 0. The number of nitrogens with one attached hydrogen (secondary N) is 1. The number of ketones is 1. The van der Waals surface area contributed by atoms with E-state index in [0.717, 1.165) is 11.1 Å². The first-order valence-electron chi connectivity index (χ1n) is 6.79. The van der Waals surface area contributed by atoms with Crippen molar-refractivity contribution in [2.45, 2.75) is 25.0 Å². The Morgan fingerprint density at radius 2 is 1.50 bits per heavy atom. The highest BCUT2D eigenvalue weighted by atomic mass is 16.7. The van der Waals surface area contributed by atoms with E-state index in [0.29, 0.717) is 0 Å². The van der Waals surface area contributed by atoms with Gasteiger partial charge >= 0.3 is 0 Å². The average molecular weight is 267 g/mol. The molecule has 20 heavy (non-hydrogen) atoms. The minimum absolute atomic E-state index is 0.00361. The van der Waals surface area contributed by atoms with Gasteiger partial charge < -0.3 is 0 Å². The van der Waals surface area contributed by atoms with Gasteiger partial charge in [-0.25, -0.2) is 0 Å². The summed E-state index contributed by atoms with van der Waals surface area (Å²) in [4.78, 5) is 17.6. The Balaban J connectivity index is 2.00. The average Bonchev–Trinajstić information content (AvgIpc) is 2.94. The molecule has 3 atom stereocenters. The van der Waals surface area contributed by atoms with Gasteiger partial charge in [0, 0.05) is 5.92 Å². The smallest absolute Gasteiger partial charge is 0.149 e. The summed E-state index contributed by atoms with van der Waals surface area (Å²) in [5, 5.41) is 0. The molecule has 2 aromatic carbocycles. The number of carbonyl (C=O) groups excluding carboxylic acids is 1. The maximum absolute atomic E-state index is 11.9. The number of hydrogen-bond donors (Lipinski definition) is 1. The van der Waals surface area contributed by atoms with Crippen LogP contribution in [0.2, 0.25) is 0 Å². The quantitative estimate of drug-likeness (QED) is 0.929. The maximum Gasteiger partial charge on any atom is 0.149 e. The number of rotatable bonds is 3. The zero-order chi connectivity index (χ0) is 13.9. The van der Waals surface area contributed by atoms with Gasteiger partial charge in [-0.2, -0.15) is 5.48 Å². The Labute approximate surface area is 118 Å². The molecule has 0 amide bonds. The van der Waals surface area contributed by atoms with Crippen LogP contribution in [0.4, 0.5) is 0 Å². The predicted octanol–water partition coefficient (Wildman–Crippen LogP) is 3.00. The van der Waals surface area contributed by atoms with Gasteiger partial charge in [-0.15, -0.1) is 0 Å². The lowest BCUT2D eigenvalue weighted by Crippen LogP contribution is -2.32. The van der Waals surface area contributed by atoms with Gasteiger partial charge in [0.05, 0.1) is 0 Å². The molecule has 0 spiro atoms. The highest BCUT2D eigenvalue weighted by Gasteiger charge is 2.41. The molecular formula is C17H17NO2. The van der Waals surface area contributed by atoms with E-state index >= 15 is 0 Å². The van der Waals surface area contributed by atoms with E-state index in [1.807, 2.05) is 60.7 Å². The van der Waals surface area contributed by atoms with Crippen LogP contribution in [0.25, 0.3) is 0 Å². The summed E-state index contributed by atoms with van der Waals surface area (Å²) in [5.74, 6) is 0.0911. The van der Waals surface area contributed by atoms with Crippen LogP contribution in [-0.2, 0) is 9.63 Å². The minimum Gasteiger partial charge on any atom is -0.298 e. The van der Waals surface area contributed by atoms with Crippen molar-refractivity contribution in [1.29, 1.82) is 0 Å². The highest BCUT2D eigenvalue weighted by Crippen LogP contribution is 2.40. The largest absolute Gasteiger partial charge is 0.298 e.